The summed E-state index contributed by atoms with van der Waals surface area (Å²) in [5.74, 6) is -0.449. The van der Waals surface area contributed by atoms with Crippen molar-refractivity contribution in [2.75, 3.05) is 5.32 Å². The average Bonchev–Trinajstić information content (AvgIpc) is 2.35. The number of amides is 1. The number of carbonyl (C=O) groups excluding carboxylic acids is 1. The van der Waals surface area contributed by atoms with E-state index in [-0.39, 0.29) is 5.56 Å². The molecule has 0 fully saturated rings. The Labute approximate surface area is 99.5 Å². The standard InChI is InChI=1S/C12H12N4O/c1-2-11(12(15)17)16-10-4-3-8(6-13)9(5-10)7-14/h3-5,11,16H,2H2,1H3,(H2,15,17). The molecule has 0 saturated heterocycles. The van der Waals surface area contributed by atoms with Crippen molar-refractivity contribution in [3.05, 3.63) is 29.3 Å². The minimum Gasteiger partial charge on any atom is -0.374 e. The maximum Gasteiger partial charge on any atom is 0.239 e. The van der Waals surface area contributed by atoms with Gasteiger partial charge in [-0.15, -0.1) is 0 Å². The second-order valence-corrected chi connectivity index (χ2v) is 3.49. The summed E-state index contributed by atoms with van der Waals surface area (Å²) < 4.78 is 0. The summed E-state index contributed by atoms with van der Waals surface area (Å²) in [7, 11) is 0. The van der Waals surface area contributed by atoms with Crippen molar-refractivity contribution >= 4 is 11.6 Å². The molecular weight excluding hydrogens is 216 g/mol. The molecule has 1 unspecified atom stereocenters. The maximum absolute atomic E-state index is 11.1. The fraction of sp³-hybridized carbons (Fsp3) is 0.250. The van der Waals surface area contributed by atoms with Gasteiger partial charge in [0.15, 0.2) is 0 Å². The minimum absolute atomic E-state index is 0.275. The first kappa shape index (κ1) is 12.5. The van der Waals surface area contributed by atoms with Crippen LogP contribution in [0.1, 0.15) is 24.5 Å². The van der Waals surface area contributed by atoms with Crippen LogP contribution in [0.2, 0.25) is 0 Å². The summed E-state index contributed by atoms with van der Waals surface area (Å²) in [6.07, 6.45) is 0.553. The first-order chi connectivity index (χ1) is 8.12. The Balaban J connectivity index is 2.98. The molecule has 86 valence electrons. The molecule has 0 aliphatic rings. The number of nitriles is 2. The largest absolute Gasteiger partial charge is 0.374 e. The molecule has 0 bridgehead atoms. The van der Waals surface area contributed by atoms with E-state index in [1.807, 2.05) is 19.1 Å². The van der Waals surface area contributed by atoms with Gasteiger partial charge in [0.1, 0.15) is 18.2 Å². The van der Waals surface area contributed by atoms with Crippen LogP contribution in [0.15, 0.2) is 18.2 Å². The lowest BCUT2D eigenvalue weighted by Gasteiger charge is -2.14. The Bertz CT molecular complexity index is 510. The van der Waals surface area contributed by atoms with E-state index in [4.69, 9.17) is 16.3 Å². The number of nitrogens with one attached hydrogen (secondary N) is 1. The summed E-state index contributed by atoms with van der Waals surface area (Å²) in [5.41, 5.74) is 6.39. The smallest absolute Gasteiger partial charge is 0.239 e. The molecule has 5 heteroatoms. The highest BCUT2D eigenvalue weighted by molar-refractivity contribution is 5.83. The van der Waals surface area contributed by atoms with Crippen LogP contribution in [0, 0.1) is 22.7 Å². The van der Waals surface area contributed by atoms with E-state index in [0.29, 0.717) is 17.7 Å². The molecule has 1 aromatic carbocycles. The van der Waals surface area contributed by atoms with Gasteiger partial charge in [-0.25, -0.2) is 0 Å². The van der Waals surface area contributed by atoms with Crippen LogP contribution in [0.25, 0.3) is 0 Å². The number of nitrogens with two attached hydrogens (primary N) is 1. The number of carbonyl (C=O) groups is 1. The summed E-state index contributed by atoms with van der Waals surface area (Å²) in [6, 6.07) is 8.09. The molecule has 17 heavy (non-hydrogen) atoms. The third kappa shape index (κ3) is 2.96. The number of primary amides is 1. The number of hydrogen-bond acceptors (Lipinski definition) is 4. The molecule has 1 rings (SSSR count). The van der Waals surface area contributed by atoms with Gasteiger partial charge >= 0.3 is 0 Å². The normalized spacial score (nSPS) is 11.0. The Hall–Kier alpha value is -2.53. The van der Waals surface area contributed by atoms with Gasteiger partial charge in [-0.1, -0.05) is 6.92 Å². The van der Waals surface area contributed by atoms with Gasteiger partial charge in [0.05, 0.1) is 11.1 Å². The van der Waals surface area contributed by atoms with Crippen LogP contribution in [-0.2, 0) is 4.79 Å². The molecule has 0 saturated carbocycles. The van der Waals surface area contributed by atoms with Crippen molar-refractivity contribution < 1.29 is 4.79 Å². The van der Waals surface area contributed by atoms with Gasteiger partial charge in [0.25, 0.3) is 0 Å². The van der Waals surface area contributed by atoms with Gasteiger partial charge in [-0.3, -0.25) is 4.79 Å². The SMILES string of the molecule is CCC(Nc1ccc(C#N)c(C#N)c1)C(N)=O. The van der Waals surface area contributed by atoms with Crippen LogP contribution in [-0.4, -0.2) is 11.9 Å². The van der Waals surface area contributed by atoms with Crippen LogP contribution in [0.5, 0.6) is 0 Å². The second-order valence-electron chi connectivity index (χ2n) is 3.49. The fourth-order valence-electron chi connectivity index (χ4n) is 1.40. The number of rotatable bonds is 4. The Kier molecular flexibility index (Phi) is 4.08. The maximum atomic E-state index is 11.1. The van der Waals surface area contributed by atoms with Crippen molar-refractivity contribution in [1.29, 1.82) is 10.5 Å². The van der Waals surface area contributed by atoms with Crippen LogP contribution in [0.3, 0.4) is 0 Å². The number of nitrogens with zero attached hydrogens (tertiary/aromatic N) is 2. The number of hydrogen-bond donors (Lipinski definition) is 2. The molecule has 0 aliphatic carbocycles. The van der Waals surface area contributed by atoms with Gasteiger partial charge in [0.2, 0.25) is 5.91 Å². The minimum atomic E-state index is -0.477. The molecule has 5 nitrogen and oxygen atoms in total. The highest BCUT2D eigenvalue weighted by Gasteiger charge is 2.12. The molecule has 0 aromatic heterocycles. The Morgan fingerprint density at radius 2 is 2.06 bits per heavy atom. The molecule has 0 heterocycles. The predicted molar refractivity (Wildman–Crippen MR) is 62.8 cm³/mol. The lowest BCUT2D eigenvalue weighted by molar-refractivity contribution is -0.118. The van der Waals surface area contributed by atoms with Gasteiger partial charge in [0, 0.05) is 5.69 Å². The third-order valence-corrected chi connectivity index (χ3v) is 2.35. The Morgan fingerprint density at radius 3 is 2.53 bits per heavy atom. The highest BCUT2D eigenvalue weighted by atomic mass is 16.1. The predicted octanol–water partition coefficient (Wildman–Crippen LogP) is 1.11. The summed E-state index contributed by atoms with van der Waals surface area (Å²) in [4.78, 5) is 11.1. The quantitative estimate of drug-likeness (QED) is 0.805. The fourth-order valence-corrected chi connectivity index (χ4v) is 1.40. The van der Waals surface area contributed by atoms with E-state index < -0.39 is 11.9 Å². The van der Waals surface area contributed by atoms with E-state index in [9.17, 15) is 4.79 Å². The third-order valence-electron chi connectivity index (χ3n) is 2.35. The van der Waals surface area contributed by atoms with Crippen molar-refractivity contribution in [1.82, 2.24) is 0 Å². The van der Waals surface area contributed by atoms with Crippen LogP contribution >= 0.6 is 0 Å². The van der Waals surface area contributed by atoms with Crippen LogP contribution < -0.4 is 11.1 Å². The molecule has 0 radical (unpaired) electrons. The molecule has 1 aromatic rings. The van der Waals surface area contributed by atoms with Crippen LogP contribution in [0.4, 0.5) is 5.69 Å². The monoisotopic (exact) mass is 228 g/mol. The summed E-state index contributed by atoms with van der Waals surface area (Å²) in [6.45, 7) is 1.83. The molecular formula is C12H12N4O. The van der Waals surface area contributed by atoms with Crippen molar-refractivity contribution in [2.24, 2.45) is 5.73 Å². The summed E-state index contributed by atoms with van der Waals surface area (Å²) in [5, 5.41) is 20.5. The van der Waals surface area contributed by atoms with Gasteiger partial charge in [-0.2, -0.15) is 10.5 Å². The van der Waals surface area contributed by atoms with E-state index in [1.54, 1.807) is 6.07 Å². The topological polar surface area (TPSA) is 103 Å². The molecule has 0 spiro atoms. The molecule has 1 atom stereocenters. The van der Waals surface area contributed by atoms with Crippen molar-refractivity contribution in [2.45, 2.75) is 19.4 Å². The molecule has 0 aliphatic heterocycles. The van der Waals surface area contributed by atoms with E-state index in [2.05, 4.69) is 5.32 Å². The number of benzene rings is 1. The summed E-state index contributed by atoms with van der Waals surface area (Å²) >= 11 is 0. The first-order valence-electron chi connectivity index (χ1n) is 5.12. The molecule has 3 N–H and O–H groups in total. The first-order valence-corrected chi connectivity index (χ1v) is 5.12. The van der Waals surface area contributed by atoms with Crippen molar-refractivity contribution in [3.8, 4) is 12.1 Å². The van der Waals surface area contributed by atoms with Gasteiger partial charge in [-0.05, 0) is 24.6 Å². The second kappa shape index (κ2) is 5.53. The van der Waals surface area contributed by atoms with Gasteiger partial charge < -0.3 is 11.1 Å². The highest BCUT2D eigenvalue weighted by Crippen LogP contribution is 2.16. The van der Waals surface area contributed by atoms with E-state index in [0.717, 1.165) is 0 Å². The Morgan fingerprint density at radius 1 is 1.41 bits per heavy atom. The van der Waals surface area contributed by atoms with E-state index >= 15 is 0 Å². The average molecular weight is 228 g/mol. The van der Waals surface area contributed by atoms with E-state index in [1.165, 1.54) is 12.1 Å². The zero-order chi connectivity index (χ0) is 12.8. The number of anilines is 1. The lowest BCUT2D eigenvalue weighted by atomic mass is 10.1. The van der Waals surface area contributed by atoms with Crippen molar-refractivity contribution in [3.63, 3.8) is 0 Å². The lowest BCUT2D eigenvalue weighted by Crippen LogP contribution is -2.34. The zero-order valence-electron chi connectivity index (χ0n) is 9.40. The molecule has 1 amide bonds. The zero-order valence-corrected chi connectivity index (χ0v) is 9.40.